The molecule has 6 rings (SSSR count). The molecule has 2 amide bonds. The standard InChI is InChI=1S/C36H52FN7O4/c1-24(2)44(25(3)4)33(45)29-20-27(37)6-7-30(29)48-32-31(38-23-39-41-32)43-17-10-26(22-43)21-42-18-15-35(16-19-42)13-8-28(9-14-35)40-34(46)36(47)11-5-12-36/h6-7,20,23-26,28,47H,5,8-19,21-22H2,1-4H3,(H,40,46)/t26-/m0/s1. The van der Waals surface area contributed by atoms with Crippen LogP contribution in [0.3, 0.4) is 0 Å². The number of hydrogen-bond donors (Lipinski definition) is 2. The molecule has 4 fully saturated rings. The Morgan fingerprint density at radius 2 is 1.75 bits per heavy atom. The van der Waals surface area contributed by atoms with Crippen LogP contribution in [-0.2, 0) is 4.79 Å². The van der Waals surface area contributed by atoms with Crippen LogP contribution in [0.25, 0.3) is 0 Å². The average molecular weight is 666 g/mol. The number of aliphatic hydroxyl groups is 1. The van der Waals surface area contributed by atoms with E-state index in [1.54, 1.807) is 4.90 Å². The Morgan fingerprint density at radius 3 is 2.40 bits per heavy atom. The van der Waals surface area contributed by atoms with Gasteiger partial charge in [-0.05, 0) is 135 Å². The summed E-state index contributed by atoms with van der Waals surface area (Å²) in [5.74, 6) is 0.489. The number of carbonyl (C=O) groups excluding carboxylic acids is 2. The highest BCUT2D eigenvalue weighted by Crippen LogP contribution is 2.45. The van der Waals surface area contributed by atoms with E-state index >= 15 is 0 Å². The third-order valence-electron chi connectivity index (χ3n) is 11.3. The van der Waals surface area contributed by atoms with E-state index in [4.69, 9.17) is 4.74 Å². The Hall–Kier alpha value is -3.38. The summed E-state index contributed by atoms with van der Waals surface area (Å²) in [4.78, 5) is 37.1. The largest absolute Gasteiger partial charge is 0.434 e. The van der Waals surface area contributed by atoms with E-state index in [1.807, 2.05) is 27.7 Å². The first kappa shape index (κ1) is 34.5. The Labute approximate surface area is 283 Å². The van der Waals surface area contributed by atoms with Crippen LogP contribution in [0.5, 0.6) is 11.6 Å². The number of carbonyl (C=O) groups is 2. The van der Waals surface area contributed by atoms with Gasteiger partial charge in [-0.2, -0.15) is 0 Å². The van der Waals surface area contributed by atoms with E-state index in [2.05, 4.69) is 30.3 Å². The molecule has 1 aromatic carbocycles. The highest BCUT2D eigenvalue weighted by Gasteiger charge is 2.44. The molecule has 0 unspecified atom stereocenters. The summed E-state index contributed by atoms with van der Waals surface area (Å²) in [6.45, 7) is 12.6. The van der Waals surface area contributed by atoms with Crippen LogP contribution in [-0.4, -0.2) is 98.4 Å². The Kier molecular flexibility index (Phi) is 10.2. The molecule has 1 atom stereocenters. The summed E-state index contributed by atoms with van der Waals surface area (Å²) in [5, 5.41) is 21.7. The van der Waals surface area contributed by atoms with E-state index < -0.39 is 11.4 Å². The molecule has 1 spiro atoms. The van der Waals surface area contributed by atoms with Crippen LogP contribution in [0, 0.1) is 17.2 Å². The second-order valence-electron chi connectivity index (χ2n) is 15.3. The monoisotopic (exact) mass is 665 g/mol. The van der Waals surface area contributed by atoms with Crippen LogP contribution in [0.4, 0.5) is 10.2 Å². The topological polar surface area (TPSA) is 124 Å². The number of hydrogen-bond acceptors (Lipinski definition) is 9. The van der Waals surface area contributed by atoms with Gasteiger partial charge in [0.15, 0.2) is 5.82 Å². The number of benzene rings is 1. The smallest absolute Gasteiger partial charge is 0.282 e. The molecule has 12 heteroatoms. The molecule has 3 heterocycles. The maximum atomic E-state index is 14.4. The summed E-state index contributed by atoms with van der Waals surface area (Å²) < 4.78 is 20.6. The third-order valence-corrected chi connectivity index (χ3v) is 11.3. The first-order valence-electron chi connectivity index (χ1n) is 17.9. The van der Waals surface area contributed by atoms with Crippen molar-refractivity contribution in [2.75, 3.05) is 37.6 Å². The van der Waals surface area contributed by atoms with Gasteiger partial charge in [0.2, 0.25) is 0 Å². The molecule has 2 N–H and O–H groups in total. The molecule has 0 bridgehead atoms. The summed E-state index contributed by atoms with van der Waals surface area (Å²) in [7, 11) is 0. The fourth-order valence-electron chi connectivity index (χ4n) is 8.29. The molecule has 4 aliphatic rings. The van der Waals surface area contributed by atoms with E-state index in [1.165, 1.54) is 37.4 Å². The van der Waals surface area contributed by atoms with Crippen molar-refractivity contribution < 1.29 is 23.8 Å². The Bertz CT molecular complexity index is 1440. The zero-order valence-corrected chi connectivity index (χ0v) is 29.0. The number of nitrogens with zero attached hydrogens (tertiary/aromatic N) is 6. The molecular weight excluding hydrogens is 613 g/mol. The first-order valence-corrected chi connectivity index (χ1v) is 17.9. The number of anilines is 1. The molecule has 262 valence electrons. The lowest BCUT2D eigenvalue weighted by atomic mass is 9.66. The molecule has 2 aliphatic heterocycles. The normalized spacial score (nSPS) is 22.6. The third kappa shape index (κ3) is 7.44. The minimum atomic E-state index is -1.12. The number of amides is 2. The predicted molar refractivity (Wildman–Crippen MR) is 180 cm³/mol. The van der Waals surface area contributed by atoms with Crippen molar-refractivity contribution in [3.8, 4) is 11.6 Å². The zero-order chi connectivity index (χ0) is 34.1. The van der Waals surface area contributed by atoms with E-state index in [9.17, 15) is 19.1 Å². The zero-order valence-electron chi connectivity index (χ0n) is 29.0. The highest BCUT2D eigenvalue weighted by molar-refractivity contribution is 5.97. The first-order chi connectivity index (χ1) is 22.9. The minimum absolute atomic E-state index is 0.0736. The second kappa shape index (κ2) is 14.2. The van der Waals surface area contributed by atoms with Crippen molar-refractivity contribution in [1.29, 1.82) is 0 Å². The van der Waals surface area contributed by atoms with Crippen LogP contribution in [0.15, 0.2) is 24.5 Å². The van der Waals surface area contributed by atoms with Gasteiger partial charge < -0.3 is 29.9 Å². The molecule has 48 heavy (non-hydrogen) atoms. The molecule has 2 aromatic rings. The lowest BCUT2D eigenvalue weighted by Crippen LogP contribution is -2.55. The number of piperidine rings is 1. The SMILES string of the molecule is CC(C)N(C(=O)c1cc(F)ccc1Oc1nncnc1N1CC[C@@H](CN2CCC3(CCC(NC(=O)C4(O)CCC4)CC3)CC2)C1)C(C)C. The summed E-state index contributed by atoms with van der Waals surface area (Å²) >= 11 is 0. The van der Waals surface area contributed by atoms with Crippen molar-refractivity contribution in [3.05, 3.63) is 35.9 Å². The average Bonchev–Trinajstić information content (AvgIpc) is 3.51. The van der Waals surface area contributed by atoms with Gasteiger partial charge in [-0.25, -0.2) is 9.37 Å². The second-order valence-corrected chi connectivity index (χ2v) is 15.3. The highest BCUT2D eigenvalue weighted by atomic mass is 19.1. The molecule has 2 aliphatic carbocycles. The maximum Gasteiger partial charge on any atom is 0.282 e. The lowest BCUT2D eigenvalue weighted by Gasteiger charge is -2.47. The van der Waals surface area contributed by atoms with Crippen molar-refractivity contribution in [2.45, 2.75) is 116 Å². The summed E-state index contributed by atoms with van der Waals surface area (Å²) in [6, 6.07) is 4.01. The van der Waals surface area contributed by atoms with E-state index in [-0.39, 0.29) is 47.1 Å². The lowest BCUT2D eigenvalue weighted by molar-refractivity contribution is -0.149. The van der Waals surface area contributed by atoms with Gasteiger partial charge in [0, 0.05) is 37.8 Å². The van der Waals surface area contributed by atoms with Crippen molar-refractivity contribution in [2.24, 2.45) is 11.3 Å². The van der Waals surface area contributed by atoms with E-state index in [0.717, 1.165) is 71.2 Å². The number of aromatic nitrogens is 3. The quantitative estimate of drug-likeness (QED) is 0.363. The van der Waals surface area contributed by atoms with Gasteiger partial charge in [-0.1, -0.05) is 0 Å². The maximum absolute atomic E-state index is 14.4. The molecule has 2 saturated heterocycles. The molecule has 11 nitrogen and oxygen atoms in total. The van der Waals surface area contributed by atoms with Gasteiger partial charge in [0.25, 0.3) is 17.7 Å². The van der Waals surface area contributed by atoms with Gasteiger partial charge in [-0.15, -0.1) is 10.2 Å². The van der Waals surface area contributed by atoms with Gasteiger partial charge >= 0.3 is 0 Å². The summed E-state index contributed by atoms with van der Waals surface area (Å²) in [6.07, 6.45) is 11.2. The number of ether oxygens (including phenoxy) is 1. The van der Waals surface area contributed by atoms with Crippen molar-refractivity contribution in [1.82, 2.24) is 30.3 Å². The van der Waals surface area contributed by atoms with Gasteiger partial charge in [0.1, 0.15) is 23.5 Å². The van der Waals surface area contributed by atoms with E-state index in [0.29, 0.717) is 30.0 Å². The fourth-order valence-corrected chi connectivity index (χ4v) is 8.29. The Balaban J connectivity index is 1.02. The van der Waals surface area contributed by atoms with Crippen LogP contribution < -0.4 is 15.0 Å². The Morgan fingerprint density at radius 1 is 1.04 bits per heavy atom. The predicted octanol–water partition coefficient (Wildman–Crippen LogP) is 4.94. The minimum Gasteiger partial charge on any atom is -0.434 e. The van der Waals surface area contributed by atoms with Crippen LogP contribution >= 0.6 is 0 Å². The van der Waals surface area contributed by atoms with Gasteiger partial charge in [-0.3, -0.25) is 9.59 Å². The number of rotatable bonds is 10. The number of likely N-dealkylation sites (tertiary alicyclic amines) is 1. The summed E-state index contributed by atoms with van der Waals surface area (Å²) in [5.41, 5.74) is -0.612. The molecule has 0 radical (unpaired) electrons. The van der Waals surface area contributed by atoms with Crippen molar-refractivity contribution in [3.63, 3.8) is 0 Å². The molecular formula is C36H52FN7O4. The fraction of sp³-hybridized carbons (Fsp3) is 0.694. The van der Waals surface area contributed by atoms with Gasteiger partial charge in [0.05, 0.1) is 5.56 Å². The molecule has 2 saturated carbocycles. The van der Waals surface area contributed by atoms with Crippen LogP contribution in [0.2, 0.25) is 0 Å². The number of nitrogens with one attached hydrogen (secondary N) is 1. The van der Waals surface area contributed by atoms with Crippen LogP contribution in [0.1, 0.15) is 102 Å². The van der Waals surface area contributed by atoms with Crippen molar-refractivity contribution >= 4 is 17.6 Å². The number of halogens is 1. The molecule has 1 aromatic heterocycles.